The summed E-state index contributed by atoms with van der Waals surface area (Å²) in [4.78, 5) is 16.8. The van der Waals surface area contributed by atoms with Crippen LogP contribution in [0.4, 0.5) is 10.1 Å². The van der Waals surface area contributed by atoms with Crippen LogP contribution >= 0.6 is 35.2 Å². The molecule has 0 bridgehead atoms. The molecule has 0 spiro atoms. The summed E-state index contributed by atoms with van der Waals surface area (Å²) in [5.74, 6) is -0.843. The monoisotopic (exact) mass is 441 g/mol. The predicted molar refractivity (Wildman–Crippen MR) is 120 cm³/mol. The van der Waals surface area contributed by atoms with Gasteiger partial charge in [0.1, 0.15) is 10.8 Å². The van der Waals surface area contributed by atoms with E-state index in [2.05, 4.69) is 15.6 Å². The van der Waals surface area contributed by atoms with E-state index in [0.717, 1.165) is 20.8 Å². The average molecular weight is 442 g/mol. The lowest BCUT2D eigenvalue weighted by Gasteiger charge is -2.11. The van der Waals surface area contributed by atoms with Gasteiger partial charge < -0.3 is 5.32 Å². The Morgan fingerprint density at radius 3 is 2.55 bits per heavy atom. The number of para-hydroxylation sites is 1. The molecule has 0 aliphatic carbocycles. The van der Waals surface area contributed by atoms with Crippen molar-refractivity contribution in [3.05, 3.63) is 83.1 Å². The molecule has 0 radical (unpaired) electrons. The third kappa shape index (κ3) is 4.42. The zero-order valence-corrected chi connectivity index (χ0v) is 17.2. The van der Waals surface area contributed by atoms with Gasteiger partial charge in [0, 0.05) is 16.8 Å². The number of hydrogen-bond acceptors (Lipinski definition) is 4. The first-order valence-corrected chi connectivity index (χ1v) is 10.1. The third-order valence-electron chi connectivity index (χ3n) is 4.08. The first-order chi connectivity index (χ1) is 14.0. The van der Waals surface area contributed by atoms with Gasteiger partial charge in [0.15, 0.2) is 5.11 Å². The Labute approximate surface area is 180 Å². The van der Waals surface area contributed by atoms with Crippen LogP contribution in [-0.4, -0.2) is 16.0 Å². The molecule has 29 heavy (non-hydrogen) atoms. The molecule has 0 aliphatic rings. The molecule has 0 aliphatic heterocycles. The Bertz CT molecular complexity index is 1190. The number of carbonyl (C=O) groups excluding carboxylic acids is 1. The Hall–Kier alpha value is -2.87. The van der Waals surface area contributed by atoms with E-state index in [1.165, 1.54) is 24.3 Å². The van der Waals surface area contributed by atoms with Gasteiger partial charge in [-0.2, -0.15) is 0 Å². The van der Waals surface area contributed by atoms with Crippen LogP contribution in [0.3, 0.4) is 0 Å². The molecule has 3 aromatic carbocycles. The highest BCUT2D eigenvalue weighted by Crippen LogP contribution is 2.35. The summed E-state index contributed by atoms with van der Waals surface area (Å²) < 4.78 is 14.1. The molecule has 0 fully saturated rings. The van der Waals surface area contributed by atoms with Crippen molar-refractivity contribution in [2.75, 3.05) is 5.32 Å². The largest absolute Gasteiger partial charge is 0.332 e. The normalized spacial score (nSPS) is 10.7. The van der Waals surface area contributed by atoms with E-state index in [0.29, 0.717) is 16.3 Å². The molecule has 2 N–H and O–H groups in total. The number of amides is 1. The summed E-state index contributed by atoms with van der Waals surface area (Å²) >= 11 is 13.2. The highest BCUT2D eigenvalue weighted by Gasteiger charge is 2.12. The third-order valence-corrected chi connectivity index (χ3v) is 5.67. The number of aromatic nitrogens is 1. The number of fused-ring (bicyclic) bond motifs is 1. The SMILES string of the molecule is O=C(NC(=S)Nc1ccc(-c2nc3ccccc3s2)c(Cl)c1)c1ccc(F)cc1. The van der Waals surface area contributed by atoms with Gasteiger partial charge in [-0.1, -0.05) is 23.7 Å². The van der Waals surface area contributed by atoms with E-state index in [1.807, 2.05) is 36.4 Å². The maximum atomic E-state index is 13.0. The fourth-order valence-electron chi connectivity index (χ4n) is 2.69. The second-order valence-electron chi connectivity index (χ2n) is 6.10. The number of carbonyl (C=O) groups is 1. The van der Waals surface area contributed by atoms with Crippen molar-refractivity contribution in [1.29, 1.82) is 0 Å². The van der Waals surface area contributed by atoms with Crippen molar-refractivity contribution in [1.82, 2.24) is 10.3 Å². The van der Waals surface area contributed by atoms with Gasteiger partial charge in [-0.3, -0.25) is 10.1 Å². The van der Waals surface area contributed by atoms with Crippen LogP contribution in [0.1, 0.15) is 10.4 Å². The number of benzene rings is 3. The predicted octanol–water partition coefficient (Wildman–Crippen LogP) is 5.88. The van der Waals surface area contributed by atoms with Crippen LogP contribution < -0.4 is 10.6 Å². The highest BCUT2D eigenvalue weighted by atomic mass is 35.5. The second kappa shape index (κ2) is 8.24. The van der Waals surface area contributed by atoms with Crippen molar-refractivity contribution in [2.24, 2.45) is 0 Å². The number of hydrogen-bond donors (Lipinski definition) is 2. The second-order valence-corrected chi connectivity index (χ2v) is 7.94. The quantitative estimate of drug-likeness (QED) is 0.390. The number of nitrogens with one attached hydrogen (secondary N) is 2. The number of anilines is 1. The van der Waals surface area contributed by atoms with Gasteiger partial charge in [0.05, 0.1) is 15.2 Å². The minimum absolute atomic E-state index is 0.114. The van der Waals surface area contributed by atoms with E-state index in [9.17, 15) is 9.18 Å². The first-order valence-electron chi connectivity index (χ1n) is 8.53. The van der Waals surface area contributed by atoms with Crippen molar-refractivity contribution in [2.45, 2.75) is 0 Å². The number of halogens is 2. The summed E-state index contributed by atoms with van der Waals surface area (Å²) in [5, 5.41) is 6.94. The van der Waals surface area contributed by atoms with Crippen molar-refractivity contribution in [3.8, 4) is 10.6 Å². The summed E-state index contributed by atoms with van der Waals surface area (Å²) in [7, 11) is 0. The fourth-order valence-corrected chi connectivity index (χ4v) is 4.23. The summed E-state index contributed by atoms with van der Waals surface area (Å²) in [6, 6.07) is 18.5. The summed E-state index contributed by atoms with van der Waals surface area (Å²) in [5.41, 5.74) is 2.68. The van der Waals surface area contributed by atoms with Crippen LogP contribution in [0.5, 0.6) is 0 Å². The number of rotatable bonds is 3. The Morgan fingerprint density at radius 1 is 1.07 bits per heavy atom. The maximum Gasteiger partial charge on any atom is 0.257 e. The molecule has 4 nitrogen and oxygen atoms in total. The molecule has 0 saturated carbocycles. The van der Waals surface area contributed by atoms with Gasteiger partial charge >= 0.3 is 0 Å². The topological polar surface area (TPSA) is 54.0 Å². The number of nitrogens with zero attached hydrogens (tertiary/aromatic N) is 1. The van der Waals surface area contributed by atoms with Crippen molar-refractivity contribution in [3.63, 3.8) is 0 Å². The Morgan fingerprint density at radius 2 is 1.83 bits per heavy atom. The van der Waals surface area contributed by atoms with Crippen molar-refractivity contribution >= 4 is 62.1 Å². The Kier molecular flexibility index (Phi) is 5.53. The van der Waals surface area contributed by atoms with E-state index in [-0.39, 0.29) is 5.11 Å². The first kappa shape index (κ1) is 19.4. The Balaban J connectivity index is 1.47. The van der Waals surface area contributed by atoms with Crippen LogP contribution in [0.25, 0.3) is 20.8 Å². The lowest BCUT2D eigenvalue weighted by molar-refractivity contribution is 0.0977. The van der Waals surface area contributed by atoms with Gasteiger partial charge in [-0.15, -0.1) is 11.3 Å². The molecular weight excluding hydrogens is 429 g/mol. The lowest BCUT2D eigenvalue weighted by atomic mass is 10.2. The molecule has 1 amide bonds. The highest BCUT2D eigenvalue weighted by molar-refractivity contribution is 7.80. The van der Waals surface area contributed by atoms with Crippen LogP contribution in [0.15, 0.2) is 66.7 Å². The van der Waals surface area contributed by atoms with Gasteiger partial charge in [-0.25, -0.2) is 9.37 Å². The number of thiocarbonyl (C=S) groups is 1. The van der Waals surface area contributed by atoms with Gasteiger partial charge in [-0.05, 0) is 66.8 Å². The van der Waals surface area contributed by atoms with Gasteiger partial charge in [0.25, 0.3) is 5.91 Å². The van der Waals surface area contributed by atoms with Crippen LogP contribution in [0.2, 0.25) is 5.02 Å². The zero-order chi connectivity index (χ0) is 20.4. The average Bonchev–Trinajstić information content (AvgIpc) is 3.12. The van der Waals surface area contributed by atoms with E-state index >= 15 is 0 Å². The minimum atomic E-state index is -0.431. The zero-order valence-electron chi connectivity index (χ0n) is 14.8. The molecule has 4 rings (SSSR count). The molecular formula is C21H13ClFN3OS2. The molecule has 1 heterocycles. The standard InChI is InChI=1S/C21H13ClFN3OS2/c22-16-11-14(24-21(28)26-19(27)12-5-7-13(23)8-6-12)9-10-15(16)20-25-17-3-1-2-4-18(17)29-20/h1-11H,(H2,24,26,27,28). The van der Waals surface area contributed by atoms with Crippen LogP contribution in [0, 0.1) is 5.82 Å². The minimum Gasteiger partial charge on any atom is -0.332 e. The van der Waals surface area contributed by atoms with Crippen LogP contribution in [-0.2, 0) is 0 Å². The number of thiazole rings is 1. The van der Waals surface area contributed by atoms with E-state index < -0.39 is 11.7 Å². The maximum absolute atomic E-state index is 13.0. The molecule has 144 valence electrons. The molecule has 8 heteroatoms. The smallest absolute Gasteiger partial charge is 0.257 e. The van der Waals surface area contributed by atoms with Gasteiger partial charge in [0.2, 0.25) is 0 Å². The van der Waals surface area contributed by atoms with Crippen molar-refractivity contribution < 1.29 is 9.18 Å². The summed E-state index contributed by atoms with van der Waals surface area (Å²) in [6.07, 6.45) is 0. The molecule has 0 saturated heterocycles. The molecule has 0 unspecified atom stereocenters. The van der Waals surface area contributed by atoms with E-state index in [4.69, 9.17) is 23.8 Å². The molecule has 1 aromatic heterocycles. The lowest BCUT2D eigenvalue weighted by Crippen LogP contribution is -2.34. The summed E-state index contributed by atoms with van der Waals surface area (Å²) in [6.45, 7) is 0. The van der Waals surface area contributed by atoms with E-state index in [1.54, 1.807) is 17.4 Å². The molecule has 4 aromatic rings. The fraction of sp³-hybridized carbons (Fsp3) is 0. The molecule has 0 atom stereocenters.